The second kappa shape index (κ2) is 8.64. The van der Waals surface area contributed by atoms with Crippen molar-refractivity contribution in [3.63, 3.8) is 0 Å². The van der Waals surface area contributed by atoms with Crippen LogP contribution >= 0.6 is 24.8 Å². The average molecular weight is 299 g/mol. The second-order valence-corrected chi connectivity index (χ2v) is 4.01. The summed E-state index contributed by atoms with van der Waals surface area (Å²) in [6.07, 6.45) is 0. The smallest absolute Gasteiger partial charge is 0.123 e. The molecular weight excluding hydrogens is 281 g/mol. The highest BCUT2D eigenvalue weighted by Crippen LogP contribution is 2.21. The van der Waals surface area contributed by atoms with E-state index in [1.54, 1.807) is 12.1 Å². The molecule has 0 aromatic heterocycles. The van der Waals surface area contributed by atoms with E-state index >= 15 is 0 Å². The van der Waals surface area contributed by atoms with Crippen LogP contribution in [-0.2, 0) is 0 Å². The van der Waals surface area contributed by atoms with E-state index in [0.29, 0.717) is 0 Å². The van der Waals surface area contributed by atoms with Crippen molar-refractivity contribution in [1.82, 2.24) is 10.2 Å². The van der Waals surface area contributed by atoms with Crippen molar-refractivity contribution < 1.29 is 8.78 Å². The van der Waals surface area contributed by atoms with Crippen LogP contribution in [0.1, 0.15) is 11.6 Å². The number of nitrogens with zero attached hydrogens (tertiary/aromatic N) is 1. The zero-order valence-electron chi connectivity index (χ0n) is 9.94. The molecule has 1 aromatic carbocycles. The van der Waals surface area contributed by atoms with Gasteiger partial charge in [0.25, 0.3) is 0 Å². The zero-order valence-corrected chi connectivity index (χ0v) is 11.6. The van der Waals surface area contributed by atoms with Gasteiger partial charge < -0.3 is 5.32 Å². The molecule has 0 unspecified atom stereocenters. The van der Waals surface area contributed by atoms with Gasteiger partial charge in [0.05, 0.1) is 6.04 Å². The van der Waals surface area contributed by atoms with Gasteiger partial charge in [0.1, 0.15) is 12.5 Å². The van der Waals surface area contributed by atoms with E-state index in [1.807, 2.05) is 0 Å². The molecule has 18 heavy (non-hydrogen) atoms. The lowest BCUT2D eigenvalue weighted by molar-refractivity contribution is 0.147. The number of halogens is 4. The zero-order chi connectivity index (χ0) is 11.4. The van der Waals surface area contributed by atoms with Gasteiger partial charge in [-0.25, -0.2) is 8.78 Å². The first-order valence-electron chi connectivity index (χ1n) is 5.57. The maximum Gasteiger partial charge on any atom is 0.123 e. The SMILES string of the molecule is Cl.Cl.FC[C@H](c1ccc(F)cc1)N1CCNCC1. The Bertz CT molecular complexity index is 329. The van der Waals surface area contributed by atoms with Crippen molar-refractivity contribution in [1.29, 1.82) is 0 Å². The monoisotopic (exact) mass is 298 g/mol. The summed E-state index contributed by atoms with van der Waals surface area (Å²) in [7, 11) is 0. The number of hydrogen-bond donors (Lipinski definition) is 1. The van der Waals surface area contributed by atoms with Crippen LogP contribution in [0.3, 0.4) is 0 Å². The van der Waals surface area contributed by atoms with E-state index in [4.69, 9.17) is 0 Å². The number of rotatable bonds is 3. The van der Waals surface area contributed by atoms with E-state index in [0.717, 1.165) is 31.7 Å². The molecule has 1 aromatic rings. The van der Waals surface area contributed by atoms with Crippen molar-refractivity contribution in [2.45, 2.75) is 6.04 Å². The first-order valence-corrected chi connectivity index (χ1v) is 5.57. The van der Waals surface area contributed by atoms with Crippen LogP contribution in [0.25, 0.3) is 0 Å². The lowest BCUT2D eigenvalue weighted by Crippen LogP contribution is -2.45. The lowest BCUT2D eigenvalue weighted by Gasteiger charge is -2.33. The molecule has 2 rings (SSSR count). The van der Waals surface area contributed by atoms with Gasteiger partial charge in [-0.05, 0) is 17.7 Å². The fraction of sp³-hybridized carbons (Fsp3) is 0.500. The number of benzene rings is 1. The van der Waals surface area contributed by atoms with Crippen LogP contribution in [0.4, 0.5) is 8.78 Å². The van der Waals surface area contributed by atoms with Crippen molar-refractivity contribution in [2.75, 3.05) is 32.9 Å². The van der Waals surface area contributed by atoms with Crippen LogP contribution in [0.5, 0.6) is 0 Å². The van der Waals surface area contributed by atoms with Gasteiger partial charge >= 0.3 is 0 Å². The van der Waals surface area contributed by atoms with Crippen LogP contribution < -0.4 is 5.32 Å². The van der Waals surface area contributed by atoms with Crippen molar-refractivity contribution in [3.05, 3.63) is 35.6 Å². The molecule has 1 aliphatic rings. The largest absolute Gasteiger partial charge is 0.314 e. The summed E-state index contributed by atoms with van der Waals surface area (Å²) in [5.74, 6) is -0.276. The van der Waals surface area contributed by atoms with Crippen molar-refractivity contribution in [3.8, 4) is 0 Å². The summed E-state index contributed by atoms with van der Waals surface area (Å²) in [6, 6.07) is 5.88. The fourth-order valence-corrected chi connectivity index (χ4v) is 2.08. The third-order valence-electron chi connectivity index (χ3n) is 2.99. The van der Waals surface area contributed by atoms with Crippen molar-refractivity contribution >= 4 is 24.8 Å². The average Bonchev–Trinajstić information content (AvgIpc) is 2.34. The second-order valence-electron chi connectivity index (χ2n) is 4.01. The molecule has 1 saturated heterocycles. The summed E-state index contributed by atoms with van der Waals surface area (Å²) in [4.78, 5) is 2.10. The number of alkyl halides is 1. The van der Waals surface area contributed by atoms with Gasteiger partial charge in [0.2, 0.25) is 0 Å². The number of hydrogen-bond acceptors (Lipinski definition) is 2. The molecule has 1 fully saturated rings. The Morgan fingerprint density at radius 1 is 1.11 bits per heavy atom. The minimum absolute atomic E-state index is 0. The minimum Gasteiger partial charge on any atom is -0.314 e. The van der Waals surface area contributed by atoms with E-state index in [2.05, 4.69) is 10.2 Å². The molecule has 104 valence electrons. The third-order valence-corrected chi connectivity index (χ3v) is 2.99. The Hall–Kier alpha value is -0.420. The molecule has 1 atom stereocenters. The highest BCUT2D eigenvalue weighted by molar-refractivity contribution is 5.85. The van der Waals surface area contributed by atoms with Gasteiger partial charge in [0.15, 0.2) is 0 Å². The Morgan fingerprint density at radius 3 is 2.17 bits per heavy atom. The highest BCUT2D eigenvalue weighted by atomic mass is 35.5. The molecule has 0 bridgehead atoms. The molecule has 1 heterocycles. The van der Waals surface area contributed by atoms with Gasteiger partial charge in [-0.1, -0.05) is 12.1 Å². The quantitative estimate of drug-likeness (QED) is 0.923. The summed E-state index contributed by atoms with van der Waals surface area (Å²) in [5, 5.41) is 3.23. The molecule has 6 heteroatoms. The predicted octanol–water partition coefficient (Wildman–Crippen LogP) is 2.59. The number of piperazine rings is 1. The first-order chi connectivity index (χ1) is 7.81. The maximum absolute atomic E-state index is 13.1. The van der Waals surface area contributed by atoms with Gasteiger partial charge in [-0.3, -0.25) is 4.90 Å². The molecular formula is C12H18Cl2F2N2. The minimum atomic E-state index is -0.425. The van der Waals surface area contributed by atoms with E-state index < -0.39 is 6.67 Å². The van der Waals surface area contributed by atoms with Crippen LogP contribution in [-0.4, -0.2) is 37.8 Å². The normalized spacial score (nSPS) is 17.4. The number of nitrogens with one attached hydrogen (secondary N) is 1. The molecule has 1 aliphatic heterocycles. The summed E-state index contributed by atoms with van der Waals surface area (Å²) in [5.41, 5.74) is 0.853. The molecule has 1 N–H and O–H groups in total. The molecule has 0 saturated carbocycles. The van der Waals surface area contributed by atoms with E-state index in [1.165, 1.54) is 12.1 Å². The Morgan fingerprint density at radius 2 is 1.67 bits per heavy atom. The van der Waals surface area contributed by atoms with Crippen molar-refractivity contribution in [2.24, 2.45) is 0 Å². The predicted molar refractivity (Wildman–Crippen MR) is 74.1 cm³/mol. The van der Waals surface area contributed by atoms with Gasteiger partial charge in [0, 0.05) is 26.2 Å². The summed E-state index contributed by atoms with van der Waals surface area (Å²) >= 11 is 0. The Balaban J connectivity index is 0.00000144. The van der Waals surface area contributed by atoms with Crippen LogP contribution in [0, 0.1) is 5.82 Å². The maximum atomic E-state index is 13.1. The highest BCUT2D eigenvalue weighted by Gasteiger charge is 2.21. The molecule has 0 radical (unpaired) electrons. The summed E-state index contributed by atoms with van der Waals surface area (Å²) < 4.78 is 25.9. The first kappa shape index (κ1) is 17.6. The van der Waals surface area contributed by atoms with E-state index in [9.17, 15) is 8.78 Å². The molecule has 0 amide bonds. The third kappa shape index (κ3) is 4.35. The standard InChI is InChI=1S/C12H16F2N2.2ClH/c13-9-12(16-7-5-15-6-8-16)10-1-3-11(14)4-2-10;;/h1-4,12,15H,5-9H2;2*1H/t12-;;/m1../s1. The Kier molecular flexibility index (Phi) is 8.44. The Labute approximate surface area is 119 Å². The van der Waals surface area contributed by atoms with Crippen LogP contribution in [0.15, 0.2) is 24.3 Å². The molecule has 0 aliphatic carbocycles. The van der Waals surface area contributed by atoms with Gasteiger partial charge in [-0.2, -0.15) is 0 Å². The molecule has 0 spiro atoms. The van der Waals surface area contributed by atoms with E-state index in [-0.39, 0.29) is 36.7 Å². The fourth-order valence-electron chi connectivity index (χ4n) is 2.08. The summed E-state index contributed by atoms with van der Waals surface area (Å²) in [6.45, 7) is 3.03. The molecule has 2 nitrogen and oxygen atoms in total. The van der Waals surface area contributed by atoms with Crippen LogP contribution in [0.2, 0.25) is 0 Å². The van der Waals surface area contributed by atoms with Gasteiger partial charge in [-0.15, -0.1) is 24.8 Å². The lowest BCUT2D eigenvalue weighted by atomic mass is 10.1. The topological polar surface area (TPSA) is 15.3 Å².